The molecule has 32 heavy (non-hydrogen) atoms. The summed E-state index contributed by atoms with van der Waals surface area (Å²) in [5.41, 5.74) is 1.13. The Labute approximate surface area is 179 Å². The van der Waals surface area contributed by atoms with Crippen molar-refractivity contribution in [2.75, 3.05) is 33.2 Å². The molecule has 1 aliphatic rings. The SMILES string of the molecule is CN1CCN(Cc2cc(-c3ccc4nnc(C(F)(F)F)n4c3)ccc2OC(F)(F)F)CC1. The summed E-state index contributed by atoms with van der Waals surface area (Å²) in [6, 6.07) is 7.00. The molecule has 0 bridgehead atoms. The lowest BCUT2D eigenvalue weighted by atomic mass is 10.0. The van der Waals surface area contributed by atoms with E-state index in [9.17, 15) is 26.3 Å². The van der Waals surface area contributed by atoms with Crippen molar-refractivity contribution in [1.82, 2.24) is 24.4 Å². The average Bonchev–Trinajstić information content (AvgIpc) is 3.13. The summed E-state index contributed by atoms with van der Waals surface area (Å²) in [4.78, 5) is 4.12. The first kappa shape index (κ1) is 22.3. The molecule has 0 saturated carbocycles. The molecule has 3 aromatic rings. The van der Waals surface area contributed by atoms with E-state index in [0.29, 0.717) is 29.8 Å². The molecule has 172 valence electrons. The van der Waals surface area contributed by atoms with Crippen LogP contribution < -0.4 is 4.74 Å². The van der Waals surface area contributed by atoms with Gasteiger partial charge in [-0.05, 0) is 42.4 Å². The largest absolute Gasteiger partial charge is 0.573 e. The number of ether oxygens (including phenoxy) is 1. The van der Waals surface area contributed by atoms with Gasteiger partial charge in [-0.2, -0.15) is 13.2 Å². The van der Waals surface area contributed by atoms with E-state index in [1.165, 1.54) is 30.5 Å². The van der Waals surface area contributed by atoms with Gasteiger partial charge >= 0.3 is 12.5 Å². The number of hydrogen-bond donors (Lipinski definition) is 0. The van der Waals surface area contributed by atoms with Gasteiger partial charge in [0.1, 0.15) is 5.75 Å². The molecule has 0 amide bonds. The lowest BCUT2D eigenvalue weighted by Gasteiger charge is -2.32. The normalized spacial score (nSPS) is 16.6. The molecule has 4 rings (SSSR count). The fourth-order valence-corrected chi connectivity index (χ4v) is 3.61. The van der Waals surface area contributed by atoms with E-state index in [2.05, 4.69) is 19.8 Å². The van der Waals surface area contributed by atoms with Crippen molar-refractivity contribution in [2.24, 2.45) is 0 Å². The minimum absolute atomic E-state index is 0.00996. The van der Waals surface area contributed by atoms with E-state index in [-0.39, 0.29) is 17.9 Å². The molecule has 0 aliphatic carbocycles. The third-order valence-corrected chi connectivity index (χ3v) is 5.27. The van der Waals surface area contributed by atoms with E-state index < -0.39 is 18.4 Å². The number of nitrogens with zero attached hydrogens (tertiary/aromatic N) is 5. The molecular formula is C20H19F6N5O. The standard InChI is InChI=1S/C20H19F6N5O/c1-29-6-8-30(9-7-29)11-15-10-13(2-4-16(15)32-20(24,25)26)14-3-5-17-27-28-18(19(21,22)23)31(17)12-14/h2-5,10,12H,6-9,11H2,1H3. The highest BCUT2D eigenvalue weighted by Crippen LogP contribution is 2.33. The summed E-state index contributed by atoms with van der Waals surface area (Å²) in [7, 11) is 1.96. The second kappa shape index (κ2) is 8.24. The second-order valence-electron chi connectivity index (χ2n) is 7.62. The van der Waals surface area contributed by atoms with Gasteiger partial charge in [0.15, 0.2) is 5.65 Å². The molecule has 1 aliphatic heterocycles. The first-order valence-corrected chi connectivity index (χ1v) is 9.71. The molecule has 12 heteroatoms. The summed E-state index contributed by atoms with van der Waals surface area (Å²) in [5.74, 6) is -1.51. The van der Waals surface area contributed by atoms with Crippen LogP contribution in [0.15, 0.2) is 36.5 Å². The third kappa shape index (κ3) is 4.96. The predicted octanol–water partition coefficient (Wildman–Crippen LogP) is 4.06. The number of rotatable bonds is 4. The number of pyridine rings is 1. The summed E-state index contributed by atoms with van der Waals surface area (Å²) in [5, 5.41) is 6.70. The van der Waals surface area contributed by atoms with Gasteiger partial charge < -0.3 is 9.64 Å². The van der Waals surface area contributed by atoms with Crippen LogP contribution in [0.2, 0.25) is 0 Å². The molecule has 0 N–H and O–H groups in total. The topological polar surface area (TPSA) is 45.9 Å². The molecule has 1 fully saturated rings. The van der Waals surface area contributed by atoms with Crippen LogP contribution in [-0.2, 0) is 12.7 Å². The molecule has 6 nitrogen and oxygen atoms in total. The van der Waals surface area contributed by atoms with Crippen molar-refractivity contribution in [2.45, 2.75) is 19.1 Å². The van der Waals surface area contributed by atoms with Gasteiger partial charge in [-0.25, -0.2) is 0 Å². The monoisotopic (exact) mass is 459 g/mol. The zero-order valence-electron chi connectivity index (χ0n) is 16.9. The maximum absolute atomic E-state index is 13.2. The Hall–Kier alpha value is -2.86. The maximum atomic E-state index is 13.2. The van der Waals surface area contributed by atoms with E-state index in [4.69, 9.17) is 0 Å². The van der Waals surface area contributed by atoms with Gasteiger partial charge in [-0.1, -0.05) is 6.07 Å². The van der Waals surface area contributed by atoms with Crippen molar-refractivity contribution in [3.05, 3.63) is 47.9 Å². The van der Waals surface area contributed by atoms with Crippen LogP contribution in [0.4, 0.5) is 26.3 Å². The van der Waals surface area contributed by atoms with Crippen molar-refractivity contribution in [1.29, 1.82) is 0 Å². The van der Waals surface area contributed by atoms with Crippen LogP contribution in [0.5, 0.6) is 5.75 Å². The quantitative estimate of drug-likeness (QED) is 0.551. The Bertz CT molecular complexity index is 1100. The Morgan fingerprint density at radius 1 is 0.906 bits per heavy atom. The summed E-state index contributed by atoms with van der Waals surface area (Å²) < 4.78 is 83.3. The summed E-state index contributed by atoms with van der Waals surface area (Å²) in [6.45, 7) is 3.12. The first-order chi connectivity index (χ1) is 15.0. The Kier molecular flexibility index (Phi) is 5.76. The highest BCUT2D eigenvalue weighted by atomic mass is 19.4. The van der Waals surface area contributed by atoms with Crippen LogP contribution >= 0.6 is 0 Å². The number of alkyl halides is 6. The van der Waals surface area contributed by atoms with Crippen molar-refractivity contribution < 1.29 is 31.1 Å². The van der Waals surface area contributed by atoms with Gasteiger partial charge in [0, 0.05) is 44.5 Å². The molecule has 1 saturated heterocycles. The lowest BCUT2D eigenvalue weighted by molar-refractivity contribution is -0.275. The molecule has 0 atom stereocenters. The molecule has 0 unspecified atom stereocenters. The smallest absolute Gasteiger partial charge is 0.405 e. The van der Waals surface area contributed by atoms with Gasteiger partial charge in [0.25, 0.3) is 0 Å². The van der Waals surface area contributed by atoms with E-state index in [0.717, 1.165) is 17.5 Å². The van der Waals surface area contributed by atoms with E-state index in [1.807, 2.05) is 11.9 Å². The number of benzene rings is 1. The van der Waals surface area contributed by atoms with E-state index in [1.54, 1.807) is 6.07 Å². The minimum Gasteiger partial charge on any atom is -0.405 e. The minimum atomic E-state index is -4.86. The average molecular weight is 459 g/mol. The van der Waals surface area contributed by atoms with Gasteiger partial charge in [-0.15, -0.1) is 23.4 Å². The van der Waals surface area contributed by atoms with Gasteiger partial charge in [0.05, 0.1) is 0 Å². The first-order valence-electron chi connectivity index (χ1n) is 9.71. The summed E-state index contributed by atoms with van der Waals surface area (Å²) >= 11 is 0. The van der Waals surface area contributed by atoms with Crippen LogP contribution in [0.1, 0.15) is 11.4 Å². The third-order valence-electron chi connectivity index (χ3n) is 5.27. The van der Waals surface area contributed by atoms with Crippen LogP contribution in [-0.4, -0.2) is 64.0 Å². The Morgan fingerprint density at radius 3 is 2.25 bits per heavy atom. The fourth-order valence-electron chi connectivity index (χ4n) is 3.61. The maximum Gasteiger partial charge on any atom is 0.573 e. The molecule has 1 aromatic carbocycles. The van der Waals surface area contributed by atoms with Crippen LogP contribution in [0.25, 0.3) is 16.8 Å². The zero-order valence-corrected chi connectivity index (χ0v) is 16.9. The number of aromatic nitrogens is 3. The van der Waals surface area contributed by atoms with Crippen molar-refractivity contribution in [3.63, 3.8) is 0 Å². The predicted molar refractivity (Wildman–Crippen MR) is 103 cm³/mol. The highest BCUT2D eigenvalue weighted by molar-refractivity contribution is 5.67. The van der Waals surface area contributed by atoms with Crippen molar-refractivity contribution >= 4 is 5.65 Å². The molecular weight excluding hydrogens is 440 g/mol. The highest BCUT2D eigenvalue weighted by Gasteiger charge is 2.37. The number of fused-ring (bicyclic) bond motifs is 1. The molecule has 0 radical (unpaired) electrons. The fraction of sp³-hybridized carbons (Fsp3) is 0.400. The Balaban J connectivity index is 1.71. The van der Waals surface area contributed by atoms with Crippen LogP contribution in [0.3, 0.4) is 0 Å². The van der Waals surface area contributed by atoms with E-state index >= 15 is 0 Å². The van der Waals surface area contributed by atoms with Crippen molar-refractivity contribution in [3.8, 4) is 16.9 Å². The number of piperazine rings is 1. The zero-order chi connectivity index (χ0) is 23.1. The number of likely N-dealkylation sites (N-methyl/N-ethyl adjacent to an activating group) is 1. The molecule has 3 heterocycles. The van der Waals surface area contributed by atoms with Crippen LogP contribution in [0, 0.1) is 0 Å². The van der Waals surface area contributed by atoms with Gasteiger partial charge in [-0.3, -0.25) is 9.30 Å². The molecule has 0 spiro atoms. The lowest BCUT2D eigenvalue weighted by Crippen LogP contribution is -2.43. The van der Waals surface area contributed by atoms with Gasteiger partial charge in [0.2, 0.25) is 5.82 Å². The molecule has 2 aromatic heterocycles. The number of halogens is 6. The number of hydrogen-bond acceptors (Lipinski definition) is 5. The second-order valence-corrected chi connectivity index (χ2v) is 7.62. The Morgan fingerprint density at radius 2 is 1.59 bits per heavy atom. The summed E-state index contributed by atoms with van der Waals surface area (Å²) in [6.07, 6.45) is -8.34.